The Morgan fingerprint density at radius 2 is 1.18 bits per heavy atom. The van der Waals surface area contributed by atoms with Gasteiger partial charge in [-0.1, -0.05) is 0 Å². The minimum atomic E-state index is -2.47. The van der Waals surface area contributed by atoms with Crippen LogP contribution in [0.4, 0.5) is 0 Å². The predicted molar refractivity (Wildman–Crippen MR) is 167 cm³/mol. The molecule has 5 rings (SSSR count). The topological polar surface area (TPSA) is 9.23 Å². The van der Waals surface area contributed by atoms with Crippen LogP contribution in [0, 0.1) is 0 Å². The molecule has 0 aliphatic heterocycles. The zero-order chi connectivity index (χ0) is 25.0. The Bertz CT molecular complexity index is 1400. The van der Waals surface area contributed by atoms with E-state index in [0.717, 1.165) is 12.2 Å². The summed E-state index contributed by atoms with van der Waals surface area (Å²) in [5.74, 6) is 0.963. The molecule has 0 unspecified atom stereocenters. The first kappa shape index (κ1) is 30.1. The van der Waals surface area contributed by atoms with Crippen molar-refractivity contribution in [3.63, 3.8) is 0 Å². The Hall–Kier alpha value is -2.46. The van der Waals surface area contributed by atoms with E-state index in [1.807, 2.05) is 0 Å². The van der Waals surface area contributed by atoms with Gasteiger partial charge in [0.2, 0.25) is 0 Å². The van der Waals surface area contributed by atoms with Gasteiger partial charge in [0.1, 0.15) is 0 Å². The van der Waals surface area contributed by atoms with E-state index in [1.165, 1.54) is 26.1 Å². The first-order valence-corrected chi connectivity index (χ1v) is 18.3. The molecule has 1 aliphatic rings. The van der Waals surface area contributed by atoms with Crippen LogP contribution in [-0.4, -0.2) is 11.9 Å². The van der Waals surface area contributed by atoms with Crippen LogP contribution in [-0.2, 0) is 17.8 Å². The Morgan fingerprint density at radius 1 is 0.658 bits per heavy atom. The van der Waals surface area contributed by atoms with Crippen LogP contribution in [0.25, 0.3) is 11.1 Å². The molecule has 38 heavy (non-hydrogen) atoms. The fourth-order valence-corrected chi connectivity index (χ4v) is 12.4. The van der Waals surface area contributed by atoms with E-state index >= 15 is 0 Å². The van der Waals surface area contributed by atoms with Crippen LogP contribution in [0.5, 0.6) is 5.75 Å². The first-order valence-electron chi connectivity index (χ1n) is 12.6. The van der Waals surface area contributed by atoms with Crippen LogP contribution in [0.2, 0.25) is 19.6 Å². The second kappa shape index (κ2) is 13.6. The summed E-state index contributed by atoms with van der Waals surface area (Å²) in [6, 6.07) is 41.0. The van der Waals surface area contributed by atoms with Gasteiger partial charge in [0.05, 0.1) is 0 Å². The molecule has 0 amide bonds. The summed E-state index contributed by atoms with van der Waals surface area (Å²) in [7, 11) is -1.54. The van der Waals surface area contributed by atoms with Gasteiger partial charge in [-0.3, -0.25) is 0 Å². The molecular weight excluding hydrogens is 559 g/mol. The summed E-state index contributed by atoms with van der Waals surface area (Å²) in [6.45, 7) is 7.36. The normalized spacial score (nSPS) is 12.4. The summed E-state index contributed by atoms with van der Waals surface area (Å²) < 4.78 is 10.2. The number of halogens is 2. The van der Waals surface area contributed by atoms with Crippen molar-refractivity contribution in [2.45, 2.75) is 26.1 Å². The molecule has 0 saturated heterocycles. The van der Waals surface area contributed by atoms with Gasteiger partial charge < -0.3 is 0 Å². The molecule has 0 aromatic heterocycles. The summed E-state index contributed by atoms with van der Waals surface area (Å²) in [4.78, 5) is 0. The van der Waals surface area contributed by atoms with Crippen molar-refractivity contribution in [2.75, 3.05) is 0 Å². The number of allylic oxidation sites excluding steroid dienone is 4. The third-order valence-electron chi connectivity index (χ3n) is 6.53. The third kappa shape index (κ3) is 6.94. The number of benzene rings is 4. The average molecular weight is 593 g/mol. The van der Waals surface area contributed by atoms with Crippen molar-refractivity contribution in [1.82, 2.24) is 0 Å². The molecule has 0 heterocycles. The fraction of sp³-hybridized carbons (Fsp3) is 0.121. The largest absolute Gasteiger partial charge is 0.147 e. The molecule has 1 aliphatic carbocycles. The molecule has 0 atom stereocenters. The van der Waals surface area contributed by atoms with Gasteiger partial charge >= 0.3 is 224 Å². The Balaban J connectivity index is 0.00000200. The molecule has 0 spiro atoms. The van der Waals surface area contributed by atoms with E-state index in [1.54, 1.807) is 9.07 Å². The van der Waals surface area contributed by atoms with Crippen LogP contribution >= 0.6 is 24.8 Å². The molecule has 0 fully saturated rings. The number of rotatable bonds is 7. The second-order valence-corrected chi connectivity index (χ2v) is 18.3. The molecule has 0 N–H and O–H groups in total. The fourth-order valence-electron chi connectivity index (χ4n) is 4.81. The van der Waals surface area contributed by atoms with Gasteiger partial charge in [-0.25, -0.2) is 0 Å². The maximum absolute atomic E-state index is 7.21. The zero-order valence-electron chi connectivity index (χ0n) is 22.1. The minimum absolute atomic E-state index is 0. The quantitative estimate of drug-likeness (QED) is 0.194. The third-order valence-corrected chi connectivity index (χ3v) is 12.9. The van der Waals surface area contributed by atoms with Crippen molar-refractivity contribution < 1.29 is 21.1 Å². The van der Waals surface area contributed by atoms with Gasteiger partial charge in [0.25, 0.3) is 0 Å². The second-order valence-electron chi connectivity index (χ2n) is 10.2. The molecule has 1 nitrogen and oxygen atoms in total. The smallest absolute Gasteiger partial charge is 0.147 e. The van der Waals surface area contributed by atoms with Crippen LogP contribution in [0.1, 0.15) is 17.5 Å². The Morgan fingerprint density at radius 3 is 1.74 bits per heavy atom. The maximum Gasteiger partial charge on any atom is -0.147 e. The first-order chi connectivity index (χ1) is 17.5. The van der Waals surface area contributed by atoms with Gasteiger partial charge in [0.15, 0.2) is 0 Å². The standard InChI is InChI=1S/C13H10.C12H10O.C8H13Si.2ClH.Ti/c1-3-7-12(8-4-1)11-13-9-5-2-6-10-13;13-12-8-4-7-11(9-12)10-5-2-1-3-6-10;1-9(2,3)8-6-4-5-7-8;;;/h1-10H;1-9,13H;4,6H,5H2,1-3H3;2*1H;/q;;;;;+1/p-1. The van der Waals surface area contributed by atoms with E-state index in [4.69, 9.17) is 3.32 Å². The molecule has 0 radical (unpaired) electrons. The van der Waals surface area contributed by atoms with Crippen LogP contribution < -0.4 is 3.32 Å². The average Bonchev–Trinajstić information content (AvgIpc) is 3.41. The van der Waals surface area contributed by atoms with E-state index in [9.17, 15) is 0 Å². The van der Waals surface area contributed by atoms with Crippen molar-refractivity contribution >= 4 is 36.7 Å². The Kier molecular flexibility index (Phi) is 10.7. The van der Waals surface area contributed by atoms with Crippen molar-refractivity contribution in [3.8, 4) is 16.9 Å². The zero-order valence-corrected chi connectivity index (χ0v) is 26.3. The van der Waals surface area contributed by atoms with E-state index in [2.05, 4.69) is 147 Å². The van der Waals surface area contributed by atoms with Crippen LogP contribution in [0.15, 0.2) is 136 Å². The summed E-state index contributed by atoms with van der Waals surface area (Å²) in [5, 5.41) is 1.57. The SMILES string of the molecule is C[Si](C)(C)C1=[C]([Ti]([O]c2cccc(-c3ccccc3)c2)=[C](c2ccccc2)c2ccccc2)CC=C1.Cl.Cl. The van der Waals surface area contributed by atoms with Gasteiger partial charge in [-0.05, 0) is 0 Å². The monoisotopic (exact) mass is 592 g/mol. The number of hydrogen-bond acceptors (Lipinski definition) is 1. The van der Waals surface area contributed by atoms with E-state index in [0.29, 0.717) is 0 Å². The van der Waals surface area contributed by atoms with Crippen molar-refractivity contribution in [3.05, 3.63) is 148 Å². The van der Waals surface area contributed by atoms with Crippen molar-refractivity contribution in [2.24, 2.45) is 0 Å². The Labute approximate surface area is 246 Å². The molecule has 0 saturated carbocycles. The number of hydrogen-bond donors (Lipinski definition) is 0. The molecule has 0 bridgehead atoms. The molecule has 5 heteroatoms. The van der Waals surface area contributed by atoms with Gasteiger partial charge in [-0.15, -0.1) is 24.8 Å². The van der Waals surface area contributed by atoms with Crippen LogP contribution in [0.3, 0.4) is 0 Å². The molecule has 194 valence electrons. The van der Waals surface area contributed by atoms with Gasteiger partial charge in [0, 0.05) is 0 Å². The molecule has 4 aromatic rings. The summed E-state index contributed by atoms with van der Waals surface area (Å²) in [5.41, 5.74) is 4.94. The summed E-state index contributed by atoms with van der Waals surface area (Å²) >= 11 is -2.47. The van der Waals surface area contributed by atoms with Crippen molar-refractivity contribution in [1.29, 1.82) is 0 Å². The van der Waals surface area contributed by atoms with E-state index < -0.39 is 25.9 Å². The minimum Gasteiger partial charge on any atom is -0.147 e. The molecular formula is C33H34Cl2OSiTi. The predicted octanol–water partition coefficient (Wildman–Crippen LogP) is 9.47. The van der Waals surface area contributed by atoms with E-state index in [-0.39, 0.29) is 24.8 Å². The molecule has 4 aromatic carbocycles. The van der Waals surface area contributed by atoms with Gasteiger partial charge in [-0.2, -0.15) is 0 Å². The maximum atomic E-state index is 7.21. The summed E-state index contributed by atoms with van der Waals surface area (Å²) in [6.07, 6.45) is 5.75.